The number of fused-ring (bicyclic) bond motifs is 1. The van der Waals surface area contributed by atoms with Crippen LogP contribution in [0.3, 0.4) is 0 Å². The van der Waals surface area contributed by atoms with E-state index in [0.29, 0.717) is 20.9 Å². The summed E-state index contributed by atoms with van der Waals surface area (Å²) in [7, 11) is 0. The van der Waals surface area contributed by atoms with Gasteiger partial charge >= 0.3 is 0 Å². The third kappa shape index (κ3) is 2.59. The molecule has 21 heavy (non-hydrogen) atoms. The lowest BCUT2D eigenvalue weighted by Gasteiger charge is -2.13. The Morgan fingerprint density at radius 2 is 2.14 bits per heavy atom. The molecule has 8 heteroatoms. The van der Waals surface area contributed by atoms with Gasteiger partial charge in [-0.1, -0.05) is 6.92 Å². The van der Waals surface area contributed by atoms with Gasteiger partial charge in [-0.3, -0.25) is 4.79 Å². The van der Waals surface area contributed by atoms with Gasteiger partial charge in [-0.25, -0.2) is 15.0 Å². The Morgan fingerprint density at radius 3 is 2.81 bits per heavy atom. The molecular formula is C13H13N5OS2. The maximum atomic E-state index is 12.4. The number of anilines is 1. The Hall–Kier alpha value is -2.06. The minimum atomic E-state index is -0.209. The Morgan fingerprint density at radius 1 is 1.33 bits per heavy atom. The van der Waals surface area contributed by atoms with Crippen molar-refractivity contribution >= 4 is 44.6 Å². The highest BCUT2D eigenvalue weighted by molar-refractivity contribution is 7.21. The summed E-state index contributed by atoms with van der Waals surface area (Å²) in [5, 5.41) is 5.76. The Kier molecular flexibility index (Phi) is 3.80. The fourth-order valence-electron chi connectivity index (χ4n) is 1.98. The van der Waals surface area contributed by atoms with Gasteiger partial charge < -0.3 is 11.1 Å². The highest BCUT2D eigenvalue weighted by Crippen LogP contribution is 2.31. The van der Waals surface area contributed by atoms with Crippen molar-refractivity contribution in [2.75, 3.05) is 5.73 Å². The molecule has 0 aliphatic rings. The van der Waals surface area contributed by atoms with Crippen LogP contribution in [-0.4, -0.2) is 20.9 Å². The van der Waals surface area contributed by atoms with Crippen molar-refractivity contribution in [1.82, 2.24) is 20.3 Å². The number of nitrogen functional groups attached to an aromatic ring is 1. The third-order valence-electron chi connectivity index (χ3n) is 3.03. The first kappa shape index (κ1) is 13.9. The average molecular weight is 319 g/mol. The summed E-state index contributed by atoms with van der Waals surface area (Å²) in [6.45, 7) is 2.00. The molecule has 0 spiro atoms. The predicted octanol–water partition coefficient (Wildman–Crippen LogP) is 2.61. The van der Waals surface area contributed by atoms with E-state index in [1.165, 1.54) is 22.7 Å². The van der Waals surface area contributed by atoms with Crippen molar-refractivity contribution in [3.63, 3.8) is 0 Å². The topological polar surface area (TPSA) is 93.8 Å². The van der Waals surface area contributed by atoms with E-state index in [1.54, 1.807) is 18.6 Å². The van der Waals surface area contributed by atoms with Crippen LogP contribution in [0.1, 0.15) is 34.1 Å². The van der Waals surface area contributed by atoms with Crippen molar-refractivity contribution in [3.8, 4) is 0 Å². The number of nitrogens with one attached hydrogen (secondary N) is 1. The summed E-state index contributed by atoms with van der Waals surface area (Å²) in [4.78, 5) is 26.2. The lowest BCUT2D eigenvalue weighted by molar-refractivity contribution is 0.0940. The zero-order valence-electron chi connectivity index (χ0n) is 11.2. The van der Waals surface area contributed by atoms with Gasteiger partial charge in [-0.2, -0.15) is 0 Å². The van der Waals surface area contributed by atoms with Crippen molar-refractivity contribution in [2.45, 2.75) is 19.4 Å². The molecule has 3 aromatic rings. The number of hydrogen-bond acceptors (Lipinski definition) is 7. The molecule has 108 valence electrons. The number of nitrogens with zero attached hydrogens (tertiary/aromatic N) is 3. The molecule has 0 saturated carbocycles. The fraction of sp³-hybridized carbons (Fsp3) is 0.231. The Labute approximate surface area is 129 Å². The van der Waals surface area contributed by atoms with Crippen LogP contribution in [0.2, 0.25) is 0 Å². The average Bonchev–Trinajstić information content (AvgIpc) is 3.13. The molecule has 3 rings (SSSR count). The molecule has 0 saturated heterocycles. The van der Waals surface area contributed by atoms with Gasteiger partial charge in [-0.05, 0) is 6.42 Å². The van der Waals surface area contributed by atoms with Crippen LogP contribution >= 0.6 is 22.7 Å². The van der Waals surface area contributed by atoms with Crippen molar-refractivity contribution < 1.29 is 4.79 Å². The van der Waals surface area contributed by atoms with Crippen LogP contribution in [0, 0.1) is 0 Å². The van der Waals surface area contributed by atoms with E-state index in [2.05, 4.69) is 20.3 Å². The van der Waals surface area contributed by atoms with E-state index < -0.39 is 0 Å². The van der Waals surface area contributed by atoms with Gasteiger partial charge in [0.25, 0.3) is 5.91 Å². The highest BCUT2D eigenvalue weighted by Gasteiger charge is 2.21. The van der Waals surface area contributed by atoms with Gasteiger partial charge in [-0.15, -0.1) is 22.7 Å². The van der Waals surface area contributed by atoms with Gasteiger partial charge in [0.1, 0.15) is 20.2 Å². The van der Waals surface area contributed by atoms with Crippen molar-refractivity contribution in [1.29, 1.82) is 0 Å². The van der Waals surface area contributed by atoms with E-state index >= 15 is 0 Å². The number of rotatable bonds is 4. The molecule has 0 aliphatic carbocycles. The summed E-state index contributed by atoms with van der Waals surface area (Å²) >= 11 is 2.78. The lowest BCUT2D eigenvalue weighted by atomic mass is 10.2. The zero-order chi connectivity index (χ0) is 14.8. The number of carbonyl (C=O) groups excluding carboxylic acids is 1. The summed E-state index contributed by atoms with van der Waals surface area (Å²) < 4.78 is 0. The van der Waals surface area contributed by atoms with Crippen molar-refractivity contribution in [3.05, 3.63) is 33.9 Å². The van der Waals surface area contributed by atoms with Gasteiger partial charge in [0.05, 0.1) is 11.7 Å². The second-order valence-electron chi connectivity index (χ2n) is 4.36. The minimum absolute atomic E-state index is 0.108. The summed E-state index contributed by atoms with van der Waals surface area (Å²) in [6, 6.07) is -0.108. The number of amides is 1. The normalized spacial score (nSPS) is 12.4. The number of aromatic nitrogens is 3. The first-order valence-corrected chi connectivity index (χ1v) is 8.09. The SMILES string of the molecule is CCC(NC(=O)c1sc2nccnc2c1N)c1nccs1. The van der Waals surface area contributed by atoms with Crippen LogP contribution in [0.4, 0.5) is 5.69 Å². The summed E-state index contributed by atoms with van der Waals surface area (Å²) in [5.74, 6) is -0.209. The molecule has 6 nitrogen and oxygen atoms in total. The molecule has 1 unspecified atom stereocenters. The summed E-state index contributed by atoms with van der Waals surface area (Å²) in [5.41, 5.74) is 6.97. The monoisotopic (exact) mass is 319 g/mol. The fourth-order valence-corrected chi connectivity index (χ4v) is 3.68. The predicted molar refractivity (Wildman–Crippen MR) is 84.4 cm³/mol. The number of nitrogens with two attached hydrogens (primary N) is 1. The zero-order valence-corrected chi connectivity index (χ0v) is 12.9. The molecule has 0 bridgehead atoms. The molecule has 0 radical (unpaired) electrons. The molecule has 1 amide bonds. The van der Waals surface area contributed by atoms with Gasteiger partial charge in [0, 0.05) is 24.0 Å². The van der Waals surface area contributed by atoms with E-state index in [4.69, 9.17) is 5.73 Å². The second-order valence-corrected chi connectivity index (χ2v) is 6.28. The quantitative estimate of drug-likeness (QED) is 0.771. The van der Waals surface area contributed by atoms with E-state index in [9.17, 15) is 4.79 Å². The van der Waals surface area contributed by atoms with Crippen LogP contribution in [0.5, 0.6) is 0 Å². The Balaban J connectivity index is 1.88. The third-order valence-corrected chi connectivity index (χ3v) is 5.02. The van der Waals surface area contributed by atoms with Crippen LogP contribution in [0.25, 0.3) is 10.3 Å². The number of thiophene rings is 1. The molecule has 3 N–H and O–H groups in total. The highest BCUT2D eigenvalue weighted by atomic mass is 32.1. The minimum Gasteiger partial charge on any atom is -0.396 e. The Bertz CT molecular complexity index is 768. The molecule has 0 aliphatic heterocycles. The molecule has 0 fully saturated rings. The van der Waals surface area contributed by atoms with E-state index in [-0.39, 0.29) is 11.9 Å². The molecule has 1 atom stereocenters. The van der Waals surface area contributed by atoms with Crippen LogP contribution in [-0.2, 0) is 0 Å². The lowest BCUT2D eigenvalue weighted by Crippen LogP contribution is -2.27. The second kappa shape index (κ2) is 5.74. The van der Waals surface area contributed by atoms with Crippen LogP contribution < -0.4 is 11.1 Å². The summed E-state index contributed by atoms with van der Waals surface area (Å²) in [6.07, 6.45) is 5.65. The molecule has 0 aromatic carbocycles. The maximum absolute atomic E-state index is 12.4. The van der Waals surface area contributed by atoms with E-state index in [1.807, 2.05) is 12.3 Å². The van der Waals surface area contributed by atoms with Gasteiger partial charge in [0.15, 0.2) is 0 Å². The number of hydrogen-bond donors (Lipinski definition) is 2. The first-order valence-electron chi connectivity index (χ1n) is 6.40. The largest absolute Gasteiger partial charge is 0.396 e. The maximum Gasteiger partial charge on any atom is 0.264 e. The number of thiazole rings is 1. The first-order chi connectivity index (χ1) is 10.2. The molecule has 3 aromatic heterocycles. The van der Waals surface area contributed by atoms with E-state index in [0.717, 1.165) is 11.4 Å². The molecule has 3 heterocycles. The standard InChI is InChI=1S/C13H13N5OS2/c1-2-7(12-17-5-6-20-12)18-11(19)10-8(14)9-13(21-10)16-4-3-15-9/h3-7H,2,14H2,1H3,(H,18,19). The van der Waals surface area contributed by atoms with Crippen LogP contribution in [0.15, 0.2) is 24.0 Å². The van der Waals surface area contributed by atoms with Crippen molar-refractivity contribution in [2.24, 2.45) is 0 Å². The van der Waals surface area contributed by atoms with Gasteiger partial charge in [0.2, 0.25) is 0 Å². The smallest absolute Gasteiger partial charge is 0.264 e. The number of carbonyl (C=O) groups is 1. The molecular weight excluding hydrogens is 306 g/mol.